The fraction of sp³-hybridized carbons (Fsp3) is 0.500. The van der Waals surface area contributed by atoms with Crippen LogP contribution in [0.2, 0.25) is 0 Å². The van der Waals surface area contributed by atoms with Crippen molar-refractivity contribution in [3.8, 4) is 11.6 Å². The highest BCUT2D eigenvalue weighted by Crippen LogP contribution is 2.36. The Morgan fingerprint density at radius 3 is 2.78 bits per heavy atom. The number of nitrogens with two attached hydrogens (primary N) is 1. The predicted octanol–water partition coefficient (Wildman–Crippen LogP) is 1.62. The number of carbonyl (C=O) groups is 3. The van der Waals surface area contributed by atoms with Crippen molar-refractivity contribution < 1.29 is 42.5 Å². The first-order valence-corrected chi connectivity index (χ1v) is 13.0. The van der Waals surface area contributed by atoms with Crippen molar-refractivity contribution in [1.29, 1.82) is 0 Å². The summed E-state index contributed by atoms with van der Waals surface area (Å²) in [5.41, 5.74) is 5.97. The molecule has 41 heavy (non-hydrogen) atoms. The molecule has 222 valence electrons. The van der Waals surface area contributed by atoms with Crippen LogP contribution in [0.5, 0.6) is 11.6 Å². The zero-order chi connectivity index (χ0) is 29.7. The van der Waals surface area contributed by atoms with E-state index in [1.54, 1.807) is 13.8 Å². The number of cyclic esters (lactones) is 1. The smallest absolute Gasteiger partial charge is 0.415 e. The highest BCUT2D eigenvalue weighted by atomic mass is 19.1. The average molecular weight is 579 g/mol. The minimum absolute atomic E-state index is 0.0287. The largest absolute Gasteiger partial charge is 0.489 e. The first kappa shape index (κ1) is 29.9. The molecule has 2 atom stereocenters. The lowest BCUT2D eigenvalue weighted by atomic mass is 10.1. The van der Waals surface area contributed by atoms with Gasteiger partial charge < -0.3 is 35.7 Å². The van der Waals surface area contributed by atoms with E-state index in [0.717, 1.165) is 6.07 Å². The van der Waals surface area contributed by atoms with Gasteiger partial charge in [-0.05, 0) is 63.2 Å². The summed E-state index contributed by atoms with van der Waals surface area (Å²) >= 11 is 0. The van der Waals surface area contributed by atoms with E-state index < -0.39 is 23.3 Å². The molecule has 1 aliphatic carbocycles. The van der Waals surface area contributed by atoms with Crippen molar-refractivity contribution >= 4 is 30.1 Å². The van der Waals surface area contributed by atoms with Gasteiger partial charge in [0, 0.05) is 11.6 Å². The Labute approximate surface area is 234 Å². The van der Waals surface area contributed by atoms with Crippen LogP contribution in [-0.4, -0.2) is 78.0 Å². The molecule has 1 aromatic carbocycles. The highest BCUT2D eigenvalue weighted by Gasteiger charge is 2.34. The minimum atomic E-state index is -0.667. The van der Waals surface area contributed by atoms with Crippen molar-refractivity contribution in [3.63, 3.8) is 0 Å². The summed E-state index contributed by atoms with van der Waals surface area (Å²) in [6, 6.07) is 1.10. The SMILES string of the molecule is CC(C)(N)COc1cc(F)c2c(c1F)CC(CNCCC1CN(c3cnc4c(n3)NC(=O)CO4)C(=O)O1)C2.O=CO. The lowest BCUT2D eigenvalue weighted by Crippen LogP contribution is -2.38. The van der Waals surface area contributed by atoms with Gasteiger partial charge in [0.15, 0.2) is 29.8 Å². The zero-order valence-corrected chi connectivity index (χ0v) is 22.6. The molecule has 0 saturated carbocycles. The third-order valence-electron chi connectivity index (χ3n) is 6.53. The van der Waals surface area contributed by atoms with E-state index in [1.807, 2.05) is 0 Å². The fourth-order valence-electron chi connectivity index (χ4n) is 4.70. The number of rotatable bonds is 9. The van der Waals surface area contributed by atoms with Crippen LogP contribution in [0.1, 0.15) is 31.4 Å². The van der Waals surface area contributed by atoms with E-state index >= 15 is 0 Å². The number of benzene rings is 1. The molecule has 0 bridgehead atoms. The van der Waals surface area contributed by atoms with Crippen LogP contribution in [0.4, 0.5) is 25.2 Å². The van der Waals surface area contributed by atoms with Gasteiger partial charge in [0.05, 0.1) is 12.7 Å². The zero-order valence-electron chi connectivity index (χ0n) is 22.6. The van der Waals surface area contributed by atoms with Crippen LogP contribution in [0, 0.1) is 17.6 Å². The van der Waals surface area contributed by atoms with Gasteiger partial charge in [-0.3, -0.25) is 14.5 Å². The molecule has 13 nitrogen and oxygen atoms in total. The van der Waals surface area contributed by atoms with Crippen LogP contribution >= 0.6 is 0 Å². The molecular formula is C26H32F2N6O7. The van der Waals surface area contributed by atoms with E-state index in [0.29, 0.717) is 43.5 Å². The van der Waals surface area contributed by atoms with E-state index in [1.165, 1.54) is 11.1 Å². The number of aromatic nitrogens is 2. The number of halogens is 2. The van der Waals surface area contributed by atoms with Gasteiger partial charge in [0.25, 0.3) is 18.3 Å². The standard InChI is InChI=1S/C25H30F2N6O5.CH2O2/c1-25(2,28)12-37-18-7-17(26)15-5-13(6-16(15)21(18)27)8-29-4-3-14-10-33(24(35)38-14)19-9-30-23-22(31-19)32-20(34)11-36-23;2-1-3/h7,9,13-14,29H,3-6,8,10-12,28H2,1-2H3,(H,31,32,34);1H,(H,2,3). The Morgan fingerprint density at radius 2 is 2.05 bits per heavy atom. The van der Waals surface area contributed by atoms with Crippen molar-refractivity contribution in [2.45, 2.75) is 44.8 Å². The van der Waals surface area contributed by atoms with Crippen LogP contribution in [0.3, 0.4) is 0 Å². The first-order valence-electron chi connectivity index (χ1n) is 13.0. The fourth-order valence-corrected chi connectivity index (χ4v) is 4.70. The van der Waals surface area contributed by atoms with Gasteiger partial charge in [-0.25, -0.2) is 23.5 Å². The van der Waals surface area contributed by atoms with Crippen molar-refractivity contribution in [2.75, 3.05) is 43.1 Å². The molecule has 15 heteroatoms. The molecule has 0 spiro atoms. The highest BCUT2D eigenvalue weighted by molar-refractivity contribution is 5.94. The maximum atomic E-state index is 15.0. The van der Waals surface area contributed by atoms with Gasteiger partial charge in [-0.2, -0.15) is 0 Å². The average Bonchev–Trinajstić information content (AvgIpc) is 3.51. The summed E-state index contributed by atoms with van der Waals surface area (Å²) in [6.07, 6.45) is 1.83. The molecule has 1 saturated heterocycles. The third-order valence-corrected chi connectivity index (χ3v) is 6.53. The van der Waals surface area contributed by atoms with Crippen LogP contribution in [0.15, 0.2) is 12.3 Å². The topological polar surface area (TPSA) is 178 Å². The normalized spacial score (nSPS) is 19.3. The molecule has 5 N–H and O–H groups in total. The summed E-state index contributed by atoms with van der Waals surface area (Å²) in [5, 5.41) is 12.8. The van der Waals surface area contributed by atoms with E-state index in [9.17, 15) is 18.4 Å². The lowest BCUT2D eigenvalue weighted by Gasteiger charge is -2.20. The van der Waals surface area contributed by atoms with Crippen LogP contribution < -0.4 is 30.7 Å². The molecule has 3 aliphatic rings. The van der Waals surface area contributed by atoms with Gasteiger partial charge >= 0.3 is 6.09 Å². The Kier molecular flexibility index (Phi) is 9.18. The first-order chi connectivity index (χ1) is 19.5. The molecule has 0 radical (unpaired) electrons. The van der Waals surface area contributed by atoms with Crippen LogP contribution in [-0.2, 0) is 27.2 Å². The molecule has 2 unspecified atom stereocenters. The molecule has 3 heterocycles. The van der Waals surface area contributed by atoms with Crippen LogP contribution in [0.25, 0.3) is 0 Å². The number of hydrogen-bond acceptors (Lipinski definition) is 10. The van der Waals surface area contributed by atoms with Crippen molar-refractivity contribution in [2.24, 2.45) is 11.7 Å². The number of anilines is 2. The van der Waals surface area contributed by atoms with Crippen molar-refractivity contribution in [1.82, 2.24) is 15.3 Å². The summed E-state index contributed by atoms with van der Waals surface area (Å²) in [6.45, 7) is 4.55. The van der Waals surface area contributed by atoms with Gasteiger partial charge in [-0.1, -0.05) is 0 Å². The number of nitrogens with zero attached hydrogens (tertiary/aromatic N) is 3. The number of carboxylic acid groups (broad SMARTS) is 1. The predicted molar refractivity (Wildman–Crippen MR) is 141 cm³/mol. The summed E-state index contributed by atoms with van der Waals surface area (Å²) in [4.78, 5) is 42.0. The third kappa shape index (κ3) is 7.35. The summed E-state index contributed by atoms with van der Waals surface area (Å²) in [7, 11) is 0. The molecule has 2 aliphatic heterocycles. The summed E-state index contributed by atoms with van der Waals surface area (Å²) < 4.78 is 45.7. The number of nitrogens with one attached hydrogen (secondary N) is 2. The maximum Gasteiger partial charge on any atom is 0.415 e. The second kappa shape index (κ2) is 12.6. The number of amides is 2. The molecular weight excluding hydrogens is 546 g/mol. The van der Waals surface area contributed by atoms with E-state index in [2.05, 4.69) is 20.6 Å². The molecule has 2 amide bonds. The molecule has 1 fully saturated rings. The number of fused-ring (bicyclic) bond motifs is 2. The number of hydrogen-bond donors (Lipinski definition) is 4. The Balaban J connectivity index is 0.00000124. The Morgan fingerprint density at radius 1 is 1.32 bits per heavy atom. The maximum absolute atomic E-state index is 15.0. The minimum Gasteiger partial charge on any atom is -0.489 e. The molecule has 2 aromatic rings. The van der Waals surface area contributed by atoms with Gasteiger partial charge in [0.1, 0.15) is 18.5 Å². The molecule has 1 aromatic heterocycles. The second-order valence-corrected chi connectivity index (χ2v) is 10.6. The Bertz CT molecular complexity index is 1310. The monoisotopic (exact) mass is 578 g/mol. The lowest BCUT2D eigenvalue weighted by molar-refractivity contribution is -0.123. The quantitative estimate of drug-likeness (QED) is 0.251. The van der Waals surface area contributed by atoms with E-state index in [-0.39, 0.29) is 67.4 Å². The second-order valence-electron chi connectivity index (χ2n) is 10.6. The number of carbonyl (C=O) groups excluding carboxylic acids is 2. The number of ether oxygens (including phenoxy) is 3. The van der Waals surface area contributed by atoms with Gasteiger partial charge in [0.2, 0.25) is 0 Å². The molecule has 5 rings (SSSR count). The van der Waals surface area contributed by atoms with Gasteiger partial charge in [-0.15, -0.1) is 0 Å². The van der Waals surface area contributed by atoms with E-state index in [4.69, 9.17) is 29.8 Å². The van der Waals surface area contributed by atoms with Crippen molar-refractivity contribution in [3.05, 3.63) is 35.0 Å². The summed E-state index contributed by atoms with van der Waals surface area (Å²) in [5.74, 6) is -0.827. The Hall–Kier alpha value is -4.11.